The second-order valence-corrected chi connectivity index (χ2v) is 10.5. The summed E-state index contributed by atoms with van der Waals surface area (Å²) in [5, 5.41) is 16.2. The fraction of sp³-hybridized carbons (Fsp3) is 0.258. The summed E-state index contributed by atoms with van der Waals surface area (Å²) in [5.41, 5.74) is 9.04. The first-order valence-corrected chi connectivity index (χ1v) is 13.9. The summed E-state index contributed by atoms with van der Waals surface area (Å²) in [4.78, 5) is 54.5. The molecule has 0 spiro atoms. The van der Waals surface area contributed by atoms with Gasteiger partial charge in [-0.3, -0.25) is 24.6 Å². The lowest BCUT2D eigenvalue weighted by molar-refractivity contribution is -0.142. The van der Waals surface area contributed by atoms with Crippen LogP contribution in [0.2, 0.25) is 5.02 Å². The third-order valence-corrected chi connectivity index (χ3v) is 7.51. The van der Waals surface area contributed by atoms with E-state index in [-0.39, 0.29) is 50.0 Å². The minimum Gasteiger partial charge on any atom is -0.370 e. The number of rotatable bonds is 10. The number of guanidine groups is 1. The third-order valence-electron chi connectivity index (χ3n) is 7.09. The standard InChI is InChI=1S/C31H33ClN6O4/c1-19-15-23(11-12-24(19)32)36-29(41)25(17-35-31(33)34)37-30(42)26-16-21-9-5-6-10-22(21)18-38(26)28(40)14-13-27(39)20-7-3-2-4-8-20/h2-12,15,25-26H,13-14,16-18H2,1H3,(H,36,41)(H,37,42)(H4,33,34,35). The number of nitrogens with zero attached hydrogens (tertiary/aromatic N) is 1. The predicted octanol–water partition coefficient (Wildman–Crippen LogP) is 3.17. The highest BCUT2D eigenvalue weighted by molar-refractivity contribution is 6.31. The number of ketones is 1. The van der Waals surface area contributed by atoms with Crippen LogP contribution in [0.1, 0.15) is 39.9 Å². The quantitative estimate of drug-likeness (QED) is 0.139. The molecule has 3 aromatic carbocycles. The summed E-state index contributed by atoms with van der Waals surface area (Å²) < 4.78 is 0. The Kier molecular flexibility index (Phi) is 9.93. The smallest absolute Gasteiger partial charge is 0.248 e. The molecule has 1 aliphatic rings. The van der Waals surface area contributed by atoms with Crippen molar-refractivity contribution in [3.8, 4) is 0 Å². The number of hydrogen-bond donors (Lipinski definition) is 5. The Morgan fingerprint density at radius 2 is 1.69 bits per heavy atom. The maximum absolute atomic E-state index is 13.7. The molecule has 2 unspecified atom stereocenters. The van der Waals surface area contributed by atoms with E-state index in [1.165, 1.54) is 4.90 Å². The van der Waals surface area contributed by atoms with E-state index in [2.05, 4.69) is 16.0 Å². The van der Waals surface area contributed by atoms with Crippen molar-refractivity contribution in [2.75, 3.05) is 11.9 Å². The predicted molar refractivity (Wildman–Crippen MR) is 161 cm³/mol. The number of nitrogens with two attached hydrogens (primary N) is 1. The van der Waals surface area contributed by atoms with Gasteiger partial charge in [0.1, 0.15) is 12.1 Å². The van der Waals surface area contributed by atoms with Crippen molar-refractivity contribution in [2.45, 2.75) is 44.8 Å². The van der Waals surface area contributed by atoms with Crippen molar-refractivity contribution >= 4 is 46.8 Å². The molecule has 3 aromatic rings. The molecular weight excluding hydrogens is 556 g/mol. The monoisotopic (exact) mass is 588 g/mol. The molecule has 0 bridgehead atoms. The van der Waals surface area contributed by atoms with Crippen LogP contribution in [0.5, 0.6) is 0 Å². The zero-order valence-corrected chi connectivity index (χ0v) is 23.9. The Hall–Kier alpha value is -4.70. The maximum Gasteiger partial charge on any atom is 0.248 e. The summed E-state index contributed by atoms with van der Waals surface area (Å²) >= 11 is 6.10. The molecule has 0 saturated heterocycles. The molecule has 4 rings (SSSR count). The summed E-state index contributed by atoms with van der Waals surface area (Å²) in [5.74, 6) is -1.94. The number of anilines is 1. The van der Waals surface area contributed by atoms with Crippen LogP contribution >= 0.6 is 11.6 Å². The minimum absolute atomic E-state index is 0.00338. The number of aryl methyl sites for hydroxylation is 1. The molecule has 2 atom stereocenters. The van der Waals surface area contributed by atoms with E-state index in [9.17, 15) is 19.2 Å². The average molecular weight is 589 g/mol. The van der Waals surface area contributed by atoms with Gasteiger partial charge in [-0.1, -0.05) is 66.2 Å². The van der Waals surface area contributed by atoms with E-state index >= 15 is 0 Å². The molecule has 1 aliphatic heterocycles. The number of amides is 3. The summed E-state index contributed by atoms with van der Waals surface area (Å²) in [6.07, 6.45) is 0.181. The van der Waals surface area contributed by atoms with Crippen LogP contribution in [0.4, 0.5) is 5.69 Å². The zero-order chi connectivity index (χ0) is 30.2. The van der Waals surface area contributed by atoms with E-state index in [1.54, 1.807) is 49.4 Å². The topological polar surface area (TPSA) is 157 Å². The molecule has 1 heterocycles. The molecule has 3 amide bonds. The molecule has 6 N–H and O–H groups in total. The van der Waals surface area contributed by atoms with Gasteiger partial charge in [-0.2, -0.15) is 0 Å². The van der Waals surface area contributed by atoms with Crippen molar-refractivity contribution in [3.05, 3.63) is 100 Å². The Bertz CT molecular complexity index is 1500. The summed E-state index contributed by atoms with van der Waals surface area (Å²) in [6, 6.07) is 19.2. The molecule has 42 heavy (non-hydrogen) atoms. The van der Waals surface area contributed by atoms with E-state index in [1.807, 2.05) is 30.3 Å². The van der Waals surface area contributed by atoms with Gasteiger partial charge in [0, 0.05) is 48.6 Å². The van der Waals surface area contributed by atoms with Gasteiger partial charge in [-0.25, -0.2) is 0 Å². The molecule has 218 valence electrons. The molecule has 0 radical (unpaired) electrons. The van der Waals surface area contributed by atoms with Crippen molar-refractivity contribution in [1.82, 2.24) is 15.5 Å². The van der Waals surface area contributed by atoms with E-state index < -0.39 is 23.9 Å². The van der Waals surface area contributed by atoms with Crippen molar-refractivity contribution in [1.29, 1.82) is 5.41 Å². The third kappa shape index (κ3) is 7.73. The number of fused-ring (bicyclic) bond motifs is 1. The van der Waals surface area contributed by atoms with Crippen LogP contribution in [0.15, 0.2) is 72.8 Å². The molecule has 0 aliphatic carbocycles. The first-order chi connectivity index (χ1) is 20.1. The number of carbonyl (C=O) groups is 4. The largest absolute Gasteiger partial charge is 0.370 e. The lowest BCUT2D eigenvalue weighted by atomic mass is 9.92. The molecule has 0 saturated carbocycles. The van der Waals surface area contributed by atoms with Gasteiger partial charge in [-0.15, -0.1) is 0 Å². The van der Waals surface area contributed by atoms with Gasteiger partial charge in [0.05, 0.1) is 0 Å². The van der Waals surface area contributed by atoms with E-state index in [0.717, 1.165) is 16.7 Å². The first-order valence-electron chi connectivity index (χ1n) is 13.5. The Labute approximate surface area is 249 Å². The SMILES string of the molecule is Cc1cc(NC(=O)C(CNC(=N)N)NC(=O)C2Cc3ccccc3CN2C(=O)CCC(=O)c2ccccc2)ccc1Cl. The second kappa shape index (κ2) is 13.8. The van der Waals surface area contributed by atoms with Gasteiger partial charge in [0.2, 0.25) is 17.7 Å². The Morgan fingerprint density at radius 3 is 2.38 bits per heavy atom. The van der Waals surface area contributed by atoms with Crippen LogP contribution in [0, 0.1) is 12.3 Å². The highest BCUT2D eigenvalue weighted by Crippen LogP contribution is 2.25. The number of nitrogens with one attached hydrogen (secondary N) is 4. The summed E-state index contributed by atoms with van der Waals surface area (Å²) in [6.45, 7) is 1.84. The summed E-state index contributed by atoms with van der Waals surface area (Å²) in [7, 11) is 0. The lowest BCUT2D eigenvalue weighted by Crippen LogP contribution is -2.58. The van der Waals surface area contributed by atoms with Crippen LogP contribution in [-0.4, -0.2) is 53.0 Å². The Balaban J connectivity index is 1.51. The number of benzene rings is 3. The van der Waals surface area contributed by atoms with Gasteiger partial charge in [0.25, 0.3) is 0 Å². The number of halogens is 1. The number of hydrogen-bond acceptors (Lipinski definition) is 5. The van der Waals surface area contributed by atoms with E-state index in [4.69, 9.17) is 22.7 Å². The zero-order valence-electron chi connectivity index (χ0n) is 23.2. The molecular formula is C31H33ClN6O4. The van der Waals surface area contributed by atoms with Gasteiger partial charge >= 0.3 is 0 Å². The Morgan fingerprint density at radius 1 is 1.00 bits per heavy atom. The van der Waals surface area contributed by atoms with Gasteiger partial charge in [0.15, 0.2) is 11.7 Å². The van der Waals surface area contributed by atoms with Crippen LogP contribution in [0.25, 0.3) is 0 Å². The van der Waals surface area contributed by atoms with Crippen LogP contribution in [0.3, 0.4) is 0 Å². The highest BCUT2D eigenvalue weighted by atomic mass is 35.5. The molecule has 10 nitrogen and oxygen atoms in total. The van der Waals surface area contributed by atoms with Gasteiger partial charge in [-0.05, 0) is 41.8 Å². The highest BCUT2D eigenvalue weighted by Gasteiger charge is 2.36. The second-order valence-electron chi connectivity index (χ2n) is 10.1. The van der Waals surface area contributed by atoms with Gasteiger partial charge < -0.3 is 26.6 Å². The molecule has 0 aromatic heterocycles. The fourth-order valence-corrected chi connectivity index (χ4v) is 4.91. The molecule has 11 heteroatoms. The number of Topliss-reactive ketones (excluding diaryl/α,β-unsaturated/α-hetero) is 1. The van der Waals surface area contributed by atoms with Crippen LogP contribution < -0.4 is 21.7 Å². The van der Waals surface area contributed by atoms with Crippen molar-refractivity contribution in [2.24, 2.45) is 5.73 Å². The average Bonchev–Trinajstić information content (AvgIpc) is 2.99. The maximum atomic E-state index is 13.7. The minimum atomic E-state index is -1.12. The van der Waals surface area contributed by atoms with Crippen molar-refractivity contribution < 1.29 is 19.2 Å². The van der Waals surface area contributed by atoms with Crippen molar-refractivity contribution in [3.63, 3.8) is 0 Å². The van der Waals surface area contributed by atoms with E-state index in [0.29, 0.717) is 16.3 Å². The normalized spacial score (nSPS) is 14.7. The number of carbonyl (C=O) groups excluding carboxylic acids is 4. The molecule has 0 fully saturated rings. The fourth-order valence-electron chi connectivity index (χ4n) is 4.79. The lowest BCUT2D eigenvalue weighted by Gasteiger charge is -2.36. The van der Waals surface area contributed by atoms with Crippen LogP contribution in [-0.2, 0) is 27.3 Å². The first kappa shape index (κ1) is 30.3.